The van der Waals surface area contributed by atoms with Crippen molar-refractivity contribution in [2.24, 2.45) is 0 Å². The largest absolute Gasteiger partial charge is 0.390 e. The van der Waals surface area contributed by atoms with Crippen LogP contribution in [0.2, 0.25) is 0 Å². The summed E-state index contributed by atoms with van der Waals surface area (Å²) in [4.78, 5) is 16.8. The first-order chi connectivity index (χ1) is 12.8. The highest BCUT2D eigenvalue weighted by Gasteiger charge is 2.12. The number of para-hydroxylation sites is 2. The van der Waals surface area contributed by atoms with E-state index in [1.165, 1.54) is 6.20 Å². The number of nitrogens with zero attached hydrogens (tertiary/aromatic N) is 2. The van der Waals surface area contributed by atoms with Crippen molar-refractivity contribution in [1.29, 1.82) is 0 Å². The fraction of sp³-hybridized carbons (Fsp3) is 0.0476. The standard InChI is InChI=1S/C21H17N3O2/c25-14-16-11-19-18(13-22-16)20(26)12-21(23-15-7-3-1-4-8-15)24(19)17-9-5-2-6-10-17/h1-13,23,25H,14H2. The summed E-state index contributed by atoms with van der Waals surface area (Å²) in [6.07, 6.45) is 1.52. The van der Waals surface area contributed by atoms with Crippen LogP contribution >= 0.6 is 0 Å². The lowest BCUT2D eigenvalue weighted by molar-refractivity contribution is 0.277. The number of hydrogen-bond acceptors (Lipinski definition) is 4. The van der Waals surface area contributed by atoms with E-state index in [-0.39, 0.29) is 12.0 Å². The minimum Gasteiger partial charge on any atom is -0.390 e. The van der Waals surface area contributed by atoms with Gasteiger partial charge >= 0.3 is 0 Å². The molecule has 4 aromatic rings. The van der Waals surface area contributed by atoms with Gasteiger partial charge in [0.05, 0.1) is 23.2 Å². The first-order valence-corrected chi connectivity index (χ1v) is 8.29. The molecule has 0 spiro atoms. The van der Waals surface area contributed by atoms with Gasteiger partial charge in [0.1, 0.15) is 5.82 Å². The molecule has 0 saturated carbocycles. The van der Waals surface area contributed by atoms with Gasteiger partial charge < -0.3 is 10.4 Å². The molecule has 2 aromatic heterocycles. The van der Waals surface area contributed by atoms with Crippen LogP contribution in [0.15, 0.2) is 83.8 Å². The maximum absolute atomic E-state index is 12.6. The minimum atomic E-state index is -0.185. The summed E-state index contributed by atoms with van der Waals surface area (Å²) in [6, 6.07) is 22.8. The van der Waals surface area contributed by atoms with E-state index >= 15 is 0 Å². The molecule has 0 fully saturated rings. The smallest absolute Gasteiger partial charge is 0.193 e. The van der Waals surface area contributed by atoms with Gasteiger partial charge in [-0.3, -0.25) is 14.3 Å². The molecule has 0 aliphatic carbocycles. The summed E-state index contributed by atoms with van der Waals surface area (Å²) >= 11 is 0. The number of aromatic nitrogens is 2. The van der Waals surface area contributed by atoms with Crippen LogP contribution in [0.25, 0.3) is 16.6 Å². The van der Waals surface area contributed by atoms with Crippen LogP contribution in [-0.2, 0) is 6.61 Å². The molecule has 2 aromatic carbocycles. The molecule has 0 atom stereocenters. The summed E-state index contributed by atoms with van der Waals surface area (Å²) in [5, 5.41) is 13.3. The van der Waals surface area contributed by atoms with Gasteiger partial charge in [0.25, 0.3) is 0 Å². The fourth-order valence-corrected chi connectivity index (χ4v) is 2.96. The zero-order valence-corrected chi connectivity index (χ0v) is 14.0. The molecular weight excluding hydrogens is 326 g/mol. The molecule has 4 rings (SSSR count). The lowest BCUT2D eigenvalue weighted by atomic mass is 10.2. The number of benzene rings is 2. The first-order valence-electron chi connectivity index (χ1n) is 8.29. The second-order valence-electron chi connectivity index (χ2n) is 5.91. The molecule has 0 radical (unpaired) electrons. The number of anilines is 2. The van der Waals surface area contributed by atoms with Gasteiger partial charge in [0, 0.05) is 23.6 Å². The van der Waals surface area contributed by atoms with Crippen molar-refractivity contribution in [1.82, 2.24) is 9.55 Å². The molecule has 0 amide bonds. The molecule has 5 heteroatoms. The average Bonchev–Trinajstić information content (AvgIpc) is 2.69. The number of rotatable bonds is 4. The summed E-state index contributed by atoms with van der Waals surface area (Å²) in [6.45, 7) is -0.185. The van der Waals surface area contributed by atoms with Crippen molar-refractivity contribution in [3.63, 3.8) is 0 Å². The summed E-state index contributed by atoms with van der Waals surface area (Å²) in [5.74, 6) is 0.648. The van der Waals surface area contributed by atoms with Crippen LogP contribution < -0.4 is 10.7 Å². The van der Waals surface area contributed by atoms with E-state index in [2.05, 4.69) is 10.3 Å². The lowest BCUT2D eigenvalue weighted by Crippen LogP contribution is -2.13. The Labute approximate surface area is 150 Å². The Kier molecular flexibility index (Phi) is 4.21. The fourth-order valence-electron chi connectivity index (χ4n) is 2.96. The van der Waals surface area contributed by atoms with Gasteiger partial charge in [-0.05, 0) is 30.3 Å². The van der Waals surface area contributed by atoms with Gasteiger partial charge in [-0.15, -0.1) is 0 Å². The Morgan fingerprint density at radius 3 is 2.35 bits per heavy atom. The number of pyridine rings is 2. The van der Waals surface area contributed by atoms with Gasteiger partial charge in [-0.2, -0.15) is 0 Å². The Morgan fingerprint density at radius 1 is 0.962 bits per heavy atom. The van der Waals surface area contributed by atoms with Crippen molar-refractivity contribution < 1.29 is 5.11 Å². The van der Waals surface area contributed by atoms with Gasteiger partial charge in [0.15, 0.2) is 5.43 Å². The highest BCUT2D eigenvalue weighted by molar-refractivity contribution is 5.83. The highest BCUT2D eigenvalue weighted by atomic mass is 16.3. The zero-order chi connectivity index (χ0) is 17.9. The van der Waals surface area contributed by atoms with Crippen molar-refractivity contribution in [2.45, 2.75) is 6.61 Å². The van der Waals surface area contributed by atoms with Gasteiger partial charge in [0.2, 0.25) is 0 Å². The summed E-state index contributed by atoms with van der Waals surface area (Å²) in [5.41, 5.74) is 2.88. The lowest BCUT2D eigenvalue weighted by Gasteiger charge is -2.18. The molecule has 0 aliphatic heterocycles. The second kappa shape index (κ2) is 6.82. The number of aliphatic hydroxyl groups is 1. The molecule has 128 valence electrons. The SMILES string of the molecule is O=c1cc(Nc2ccccc2)n(-c2ccccc2)c2cc(CO)ncc12. The number of fused-ring (bicyclic) bond motifs is 1. The molecular formula is C21H17N3O2. The van der Waals surface area contributed by atoms with E-state index < -0.39 is 0 Å². The third-order valence-electron chi connectivity index (χ3n) is 4.18. The predicted octanol–water partition coefficient (Wildman–Crippen LogP) is 3.62. The summed E-state index contributed by atoms with van der Waals surface area (Å²) < 4.78 is 1.96. The maximum Gasteiger partial charge on any atom is 0.193 e. The third-order valence-corrected chi connectivity index (χ3v) is 4.18. The van der Waals surface area contributed by atoms with E-state index in [1.807, 2.05) is 65.2 Å². The van der Waals surface area contributed by atoms with Gasteiger partial charge in [-0.25, -0.2) is 0 Å². The maximum atomic E-state index is 12.6. The Morgan fingerprint density at radius 2 is 1.65 bits per heavy atom. The molecule has 2 N–H and O–H groups in total. The van der Waals surface area contributed by atoms with Crippen molar-refractivity contribution in [2.75, 3.05) is 5.32 Å². The normalized spacial score (nSPS) is 10.8. The van der Waals surface area contributed by atoms with Crippen LogP contribution in [0.4, 0.5) is 11.5 Å². The van der Waals surface area contributed by atoms with E-state index in [0.29, 0.717) is 22.4 Å². The number of hydrogen-bond donors (Lipinski definition) is 2. The Balaban J connectivity index is 2.02. The quantitative estimate of drug-likeness (QED) is 0.594. The molecule has 2 heterocycles. The zero-order valence-electron chi connectivity index (χ0n) is 14.0. The van der Waals surface area contributed by atoms with Crippen LogP contribution in [0, 0.1) is 0 Å². The van der Waals surface area contributed by atoms with Crippen LogP contribution in [0.1, 0.15) is 5.69 Å². The monoisotopic (exact) mass is 343 g/mol. The average molecular weight is 343 g/mol. The van der Waals surface area contributed by atoms with E-state index in [4.69, 9.17) is 0 Å². The molecule has 0 saturated heterocycles. The molecule has 26 heavy (non-hydrogen) atoms. The van der Waals surface area contributed by atoms with Crippen LogP contribution in [0.3, 0.4) is 0 Å². The van der Waals surface area contributed by atoms with E-state index in [0.717, 1.165) is 11.4 Å². The topological polar surface area (TPSA) is 67.2 Å². The minimum absolute atomic E-state index is 0.123. The Bertz CT molecular complexity index is 1110. The highest BCUT2D eigenvalue weighted by Crippen LogP contribution is 2.25. The third kappa shape index (κ3) is 2.96. The number of nitrogens with one attached hydrogen (secondary N) is 1. The van der Waals surface area contributed by atoms with E-state index in [1.54, 1.807) is 12.1 Å². The van der Waals surface area contributed by atoms with Crippen molar-refractivity contribution >= 4 is 22.4 Å². The first kappa shape index (κ1) is 16.1. The summed E-state index contributed by atoms with van der Waals surface area (Å²) in [7, 11) is 0. The van der Waals surface area contributed by atoms with E-state index in [9.17, 15) is 9.90 Å². The Hall–Kier alpha value is -3.44. The molecule has 0 aliphatic rings. The van der Waals surface area contributed by atoms with Crippen LogP contribution in [0.5, 0.6) is 0 Å². The molecule has 0 unspecified atom stereocenters. The number of aliphatic hydroxyl groups excluding tert-OH is 1. The van der Waals surface area contributed by atoms with Crippen molar-refractivity contribution in [3.05, 3.63) is 94.9 Å². The van der Waals surface area contributed by atoms with Crippen LogP contribution in [-0.4, -0.2) is 14.7 Å². The molecule has 0 bridgehead atoms. The molecule has 5 nitrogen and oxygen atoms in total. The van der Waals surface area contributed by atoms with Gasteiger partial charge in [-0.1, -0.05) is 36.4 Å². The predicted molar refractivity (Wildman–Crippen MR) is 103 cm³/mol. The second-order valence-corrected chi connectivity index (χ2v) is 5.91. The van der Waals surface area contributed by atoms with Crippen molar-refractivity contribution in [3.8, 4) is 5.69 Å².